The second kappa shape index (κ2) is 10.2. The summed E-state index contributed by atoms with van der Waals surface area (Å²) in [4.78, 5) is 30.2. The number of aromatic nitrogens is 2. The van der Waals surface area contributed by atoms with Crippen molar-refractivity contribution in [3.63, 3.8) is 0 Å². The van der Waals surface area contributed by atoms with E-state index in [9.17, 15) is 19.1 Å². The van der Waals surface area contributed by atoms with E-state index in [2.05, 4.69) is 9.97 Å². The highest BCUT2D eigenvalue weighted by atomic mass is 32.2. The van der Waals surface area contributed by atoms with Crippen molar-refractivity contribution < 1.29 is 14.2 Å². The minimum atomic E-state index is -0.609. The third-order valence-electron chi connectivity index (χ3n) is 5.27. The van der Waals surface area contributed by atoms with Gasteiger partial charge in [-0.1, -0.05) is 42.5 Å². The van der Waals surface area contributed by atoms with Crippen LogP contribution in [0.3, 0.4) is 0 Å². The van der Waals surface area contributed by atoms with Crippen molar-refractivity contribution in [2.45, 2.75) is 24.5 Å². The molecule has 8 heteroatoms. The number of aryl methyl sites for hydroxylation is 1. The van der Waals surface area contributed by atoms with Gasteiger partial charge in [-0.3, -0.25) is 9.78 Å². The van der Waals surface area contributed by atoms with Gasteiger partial charge < -0.3 is 14.8 Å². The van der Waals surface area contributed by atoms with Gasteiger partial charge in [0.1, 0.15) is 5.82 Å². The number of aromatic amines is 2. The van der Waals surface area contributed by atoms with Crippen molar-refractivity contribution in [3.8, 4) is 11.1 Å². The summed E-state index contributed by atoms with van der Waals surface area (Å²) in [5.74, 6) is 0.0242. The Hall–Kier alpha value is -3.20. The first-order chi connectivity index (χ1) is 16.0. The molecule has 0 unspecified atom stereocenters. The lowest BCUT2D eigenvalue weighted by molar-refractivity contribution is 0.0174. The van der Waals surface area contributed by atoms with Gasteiger partial charge in [-0.25, -0.2) is 9.18 Å². The Labute approximate surface area is 193 Å². The molecule has 3 aromatic carbocycles. The number of benzene rings is 3. The largest absolute Gasteiger partial charge is 0.394 e. The number of fused-ring (bicyclic) bond motifs is 1. The van der Waals surface area contributed by atoms with Gasteiger partial charge >= 0.3 is 5.69 Å². The van der Waals surface area contributed by atoms with Crippen LogP contribution in [0.1, 0.15) is 11.1 Å². The molecule has 4 aromatic rings. The Balaban J connectivity index is 1.72. The van der Waals surface area contributed by atoms with Crippen molar-refractivity contribution in [1.82, 2.24) is 9.97 Å². The van der Waals surface area contributed by atoms with Crippen LogP contribution in [-0.4, -0.2) is 33.5 Å². The predicted octanol–water partition coefficient (Wildman–Crippen LogP) is 4.00. The minimum Gasteiger partial charge on any atom is -0.394 e. The van der Waals surface area contributed by atoms with E-state index in [0.29, 0.717) is 28.2 Å². The fourth-order valence-electron chi connectivity index (χ4n) is 3.64. The Morgan fingerprint density at radius 3 is 2.48 bits per heavy atom. The lowest BCUT2D eigenvalue weighted by atomic mass is 9.98. The van der Waals surface area contributed by atoms with Gasteiger partial charge in [-0.05, 0) is 41.8 Å². The fourth-order valence-corrected chi connectivity index (χ4v) is 4.93. The van der Waals surface area contributed by atoms with Crippen LogP contribution in [0.25, 0.3) is 22.0 Å². The molecule has 0 radical (unpaired) electrons. The molecule has 0 fully saturated rings. The Morgan fingerprint density at radius 2 is 1.79 bits per heavy atom. The first-order valence-electron chi connectivity index (χ1n) is 10.4. The van der Waals surface area contributed by atoms with E-state index in [-0.39, 0.29) is 12.4 Å². The molecule has 0 spiro atoms. The highest BCUT2D eigenvalue weighted by molar-refractivity contribution is 7.99. The van der Waals surface area contributed by atoms with E-state index >= 15 is 0 Å². The highest BCUT2D eigenvalue weighted by Crippen LogP contribution is 2.38. The molecule has 6 nitrogen and oxygen atoms in total. The number of thioether (sulfide) groups is 1. The number of hydrogen-bond acceptors (Lipinski definition) is 5. The zero-order valence-electron chi connectivity index (χ0n) is 17.9. The molecular weight excluding hydrogens is 443 g/mol. The fraction of sp³-hybridized carbons (Fsp3) is 0.200. The van der Waals surface area contributed by atoms with Crippen molar-refractivity contribution in [1.29, 1.82) is 0 Å². The van der Waals surface area contributed by atoms with Crippen molar-refractivity contribution >= 4 is 22.7 Å². The number of H-pyrrole nitrogens is 2. The molecule has 33 heavy (non-hydrogen) atoms. The van der Waals surface area contributed by atoms with Crippen LogP contribution in [0.4, 0.5) is 4.39 Å². The van der Waals surface area contributed by atoms with E-state index in [1.165, 1.54) is 23.9 Å². The topological polar surface area (TPSA) is 95.2 Å². The Kier molecular flexibility index (Phi) is 7.08. The molecule has 0 bridgehead atoms. The molecule has 4 rings (SSSR count). The number of hydrogen-bond donors (Lipinski definition) is 3. The first kappa shape index (κ1) is 23.0. The van der Waals surface area contributed by atoms with Crippen LogP contribution < -0.4 is 11.2 Å². The van der Waals surface area contributed by atoms with Gasteiger partial charge in [0.05, 0.1) is 30.2 Å². The molecule has 170 valence electrons. The van der Waals surface area contributed by atoms with Crippen LogP contribution in [0.15, 0.2) is 75.1 Å². The van der Waals surface area contributed by atoms with Gasteiger partial charge in [0.25, 0.3) is 5.56 Å². The summed E-state index contributed by atoms with van der Waals surface area (Å²) in [6.07, 6.45) is -0.472. The number of aliphatic hydroxyl groups excluding tert-OH is 1. The van der Waals surface area contributed by atoms with Crippen molar-refractivity contribution in [2.75, 3.05) is 12.4 Å². The minimum absolute atomic E-state index is 0.188. The number of rotatable bonds is 8. The Bertz CT molecular complexity index is 1370. The van der Waals surface area contributed by atoms with E-state index in [1.807, 2.05) is 37.3 Å². The third-order valence-corrected chi connectivity index (χ3v) is 6.50. The van der Waals surface area contributed by atoms with Crippen LogP contribution in [-0.2, 0) is 11.3 Å². The van der Waals surface area contributed by atoms with E-state index in [1.54, 1.807) is 18.2 Å². The molecule has 0 saturated carbocycles. The summed E-state index contributed by atoms with van der Waals surface area (Å²) in [5.41, 5.74) is 2.65. The Morgan fingerprint density at radius 1 is 1.06 bits per heavy atom. The standard InChI is InChI=1S/C25H23FN2O4S/c1-15-11-20-22(27-25(31)28-24(20)30)23(21(15)17-7-9-18(26)10-8-17)33-14-19(12-29)32-13-16-5-3-2-4-6-16/h2-11,19,29H,12-14H2,1H3,(H2,27,28,30,31)/t19-/m0/s1. The van der Waals surface area contributed by atoms with Gasteiger partial charge in [0.15, 0.2) is 0 Å². The SMILES string of the molecule is Cc1cc2c(=O)[nH]c(=O)[nH]c2c(SC[C@H](CO)OCc2ccccc2)c1-c1ccc(F)cc1. The first-order valence-corrected chi connectivity index (χ1v) is 11.4. The van der Waals surface area contributed by atoms with Crippen LogP contribution >= 0.6 is 11.8 Å². The molecule has 1 heterocycles. The molecule has 0 aliphatic heterocycles. The van der Waals surface area contributed by atoms with Gasteiger partial charge in [-0.15, -0.1) is 11.8 Å². The smallest absolute Gasteiger partial charge is 0.326 e. The van der Waals surface area contributed by atoms with E-state index < -0.39 is 17.4 Å². The maximum Gasteiger partial charge on any atom is 0.326 e. The summed E-state index contributed by atoms with van der Waals surface area (Å²) >= 11 is 1.37. The summed E-state index contributed by atoms with van der Waals surface area (Å²) in [6.45, 7) is 2.03. The summed E-state index contributed by atoms with van der Waals surface area (Å²) in [5, 5.41) is 10.2. The average molecular weight is 467 g/mol. The van der Waals surface area contributed by atoms with Crippen molar-refractivity contribution in [3.05, 3.63) is 98.4 Å². The molecule has 0 amide bonds. The average Bonchev–Trinajstić information content (AvgIpc) is 2.81. The maximum atomic E-state index is 13.5. The van der Waals surface area contributed by atoms with E-state index in [4.69, 9.17) is 4.74 Å². The summed E-state index contributed by atoms with van der Waals surface area (Å²) < 4.78 is 19.4. The second-order valence-electron chi connectivity index (χ2n) is 7.65. The van der Waals surface area contributed by atoms with Gasteiger partial charge in [-0.2, -0.15) is 0 Å². The number of aliphatic hydroxyl groups is 1. The van der Waals surface area contributed by atoms with E-state index in [0.717, 1.165) is 22.3 Å². The van der Waals surface area contributed by atoms with Gasteiger partial charge in [0, 0.05) is 16.2 Å². The number of ether oxygens (including phenoxy) is 1. The summed E-state index contributed by atoms with van der Waals surface area (Å²) in [6, 6.07) is 17.4. The zero-order valence-corrected chi connectivity index (χ0v) is 18.7. The zero-order chi connectivity index (χ0) is 23.4. The molecule has 0 aliphatic carbocycles. The summed E-state index contributed by atoms with van der Waals surface area (Å²) in [7, 11) is 0. The maximum absolute atomic E-state index is 13.5. The molecule has 0 aliphatic rings. The lowest BCUT2D eigenvalue weighted by Crippen LogP contribution is -2.23. The normalized spacial score (nSPS) is 12.2. The van der Waals surface area contributed by atoms with Crippen LogP contribution in [0.2, 0.25) is 0 Å². The number of nitrogens with one attached hydrogen (secondary N) is 2. The molecule has 1 aromatic heterocycles. The number of halogens is 1. The molecule has 0 saturated heterocycles. The molecular formula is C25H23FN2O4S. The van der Waals surface area contributed by atoms with Crippen molar-refractivity contribution in [2.24, 2.45) is 0 Å². The monoisotopic (exact) mass is 466 g/mol. The third kappa shape index (κ3) is 5.24. The van der Waals surface area contributed by atoms with Crippen LogP contribution in [0, 0.1) is 12.7 Å². The molecule has 3 N–H and O–H groups in total. The lowest BCUT2D eigenvalue weighted by Gasteiger charge is -2.19. The van der Waals surface area contributed by atoms with Gasteiger partial charge in [0.2, 0.25) is 0 Å². The predicted molar refractivity (Wildman–Crippen MR) is 128 cm³/mol. The second-order valence-corrected chi connectivity index (χ2v) is 8.68. The van der Waals surface area contributed by atoms with Crippen LogP contribution in [0.5, 0.6) is 0 Å². The highest BCUT2D eigenvalue weighted by Gasteiger charge is 2.19. The molecule has 1 atom stereocenters. The quantitative estimate of drug-likeness (QED) is 0.341.